The molecule has 6 nitrogen and oxygen atoms in total. The molecule has 1 aromatic carbocycles. The summed E-state index contributed by atoms with van der Waals surface area (Å²) in [6, 6.07) is 5.32. The van der Waals surface area contributed by atoms with E-state index in [0.717, 1.165) is 0 Å². The summed E-state index contributed by atoms with van der Waals surface area (Å²) in [6.45, 7) is 0. The number of nitrogens with two attached hydrogens (primary N) is 1. The molecule has 1 rings (SSSR count). The quantitative estimate of drug-likeness (QED) is 0.635. The van der Waals surface area contributed by atoms with E-state index in [2.05, 4.69) is 4.72 Å². The van der Waals surface area contributed by atoms with Gasteiger partial charge in [0.2, 0.25) is 10.0 Å². The van der Waals surface area contributed by atoms with Crippen molar-refractivity contribution in [2.75, 3.05) is 4.72 Å². The van der Waals surface area contributed by atoms with Gasteiger partial charge >= 0.3 is 0 Å². The van der Waals surface area contributed by atoms with Crippen LogP contribution in [0.2, 0.25) is 0 Å². The van der Waals surface area contributed by atoms with Crippen LogP contribution in [-0.4, -0.2) is 17.2 Å². The van der Waals surface area contributed by atoms with Crippen molar-refractivity contribution < 1.29 is 17.2 Å². The third kappa shape index (κ3) is 3.07. The Morgan fingerprint density at radius 3 is 2.57 bits per heavy atom. The van der Waals surface area contributed by atoms with Gasteiger partial charge in [0.25, 0.3) is 11.3 Å². The largest absolute Gasteiger partial charge is 0.289 e. The van der Waals surface area contributed by atoms with E-state index < -0.39 is 21.3 Å². The summed E-state index contributed by atoms with van der Waals surface area (Å²) in [5, 5.41) is 4.86. The zero-order valence-electron chi connectivity index (χ0n) is 6.88. The lowest BCUT2D eigenvalue weighted by Gasteiger charge is -2.02. The predicted octanol–water partition coefficient (Wildman–Crippen LogP) is -0.117. The van der Waals surface area contributed by atoms with Crippen LogP contribution in [0, 0.1) is 0 Å². The van der Waals surface area contributed by atoms with Gasteiger partial charge in [-0.15, -0.1) is 0 Å². The summed E-state index contributed by atoms with van der Waals surface area (Å²) >= 11 is -2.24. The molecule has 0 radical (unpaired) electrons. The number of rotatable bonds is 3. The van der Waals surface area contributed by atoms with Crippen LogP contribution in [0.15, 0.2) is 29.2 Å². The van der Waals surface area contributed by atoms with E-state index in [1.165, 1.54) is 24.3 Å². The normalized spacial score (nSPS) is 13.6. The standard InChI is InChI=1S/C6H8N2O4S2/c7-14(11,12)6-3-1-2-5(4-6)8-13(9)10/h1-4,8H,(H,9,10)(H2,7,11,12). The van der Waals surface area contributed by atoms with Gasteiger partial charge in [0, 0.05) is 5.69 Å². The molecule has 0 amide bonds. The Morgan fingerprint density at radius 1 is 1.43 bits per heavy atom. The maximum absolute atomic E-state index is 10.9. The third-order valence-corrected chi connectivity index (χ3v) is 2.69. The fraction of sp³-hybridized carbons (Fsp3) is 0. The van der Waals surface area contributed by atoms with Gasteiger partial charge in [-0.05, 0) is 18.2 Å². The highest BCUT2D eigenvalue weighted by atomic mass is 32.2. The summed E-state index contributed by atoms with van der Waals surface area (Å²) < 4.78 is 42.7. The van der Waals surface area contributed by atoms with Crippen molar-refractivity contribution in [1.82, 2.24) is 0 Å². The predicted molar refractivity (Wildman–Crippen MR) is 52.2 cm³/mol. The molecule has 4 N–H and O–H groups in total. The second-order valence-electron chi connectivity index (χ2n) is 2.42. The van der Waals surface area contributed by atoms with Crippen LogP contribution in [0.1, 0.15) is 0 Å². The van der Waals surface area contributed by atoms with Crippen molar-refractivity contribution >= 4 is 27.0 Å². The minimum absolute atomic E-state index is 0.118. The van der Waals surface area contributed by atoms with Crippen molar-refractivity contribution in [3.05, 3.63) is 24.3 Å². The molecule has 0 saturated carbocycles. The van der Waals surface area contributed by atoms with Crippen LogP contribution in [-0.2, 0) is 21.3 Å². The number of hydrogen-bond acceptors (Lipinski definition) is 3. The summed E-state index contributed by atoms with van der Waals surface area (Å²) in [6.07, 6.45) is 0. The molecule has 8 heteroatoms. The molecule has 0 fully saturated rings. The van der Waals surface area contributed by atoms with Gasteiger partial charge in [-0.3, -0.25) is 9.27 Å². The fourth-order valence-electron chi connectivity index (χ4n) is 0.837. The van der Waals surface area contributed by atoms with Crippen LogP contribution < -0.4 is 9.86 Å². The van der Waals surface area contributed by atoms with Gasteiger partial charge in [-0.25, -0.2) is 17.8 Å². The maximum Gasteiger partial charge on any atom is 0.259 e. The SMILES string of the molecule is NS(=O)(=O)c1cccc(NS(=O)O)c1. The Kier molecular flexibility index (Phi) is 3.21. The smallest absolute Gasteiger partial charge is 0.259 e. The highest BCUT2D eigenvalue weighted by Gasteiger charge is 2.07. The van der Waals surface area contributed by atoms with E-state index in [4.69, 9.17) is 9.69 Å². The van der Waals surface area contributed by atoms with Crippen molar-refractivity contribution in [3.63, 3.8) is 0 Å². The molecule has 78 valence electrons. The molecule has 1 aromatic rings. The van der Waals surface area contributed by atoms with Gasteiger partial charge < -0.3 is 0 Å². The molecule has 0 aliphatic rings. The lowest BCUT2D eigenvalue weighted by molar-refractivity contribution is 0.570. The lowest BCUT2D eigenvalue weighted by atomic mass is 10.3. The van der Waals surface area contributed by atoms with E-state index in [9.17, 15) is 12.6 Å². The number of anilines is 1. The molecule has 0 aliphatic heterocycles. The van der Waals surface area contributed by atoms with Crippen molar-refractivity contribution in [2.45, 2.75) is 4.90 Å². The molecule has 14 heavy (non-hydrogen) atoms. The van der Waals surface area contributed by atoms with Gasteiger partial charge in [0.05, 0.1) is 4.90 Å². The topological polar surface area (TPSA) is 109 Å². The monoisotopic (exact) mass is 236 g/mol. The first-order chi connectivity index (χ1) is 6.39. The summed E-state index contributed by atoms with van der Waals surface area (Å²) in [5.74, 6) is 0. The highest BCUT2D eigenvalue weighted by molar-refractivity contribution is 7.89. The average molecular weight is 236 g/mol. The minimum atomic E-state index is -3.78. The molecule has 0 aromatic heterocycles. The number of benzene rings is 1. The van der Waals surface area contributed by atoms with Crippen molar-refractivity contribution in [2.24, 2.45) is 5.14 Å². The number of nitrogens with one attached hydrogen (secondary N) is 1. The van der Waals surface area contributed by atoms with E-state index in [1.807, 2.05) is 0 Å². The van der Waals surface area contributed by atoms with Crippen molar-refractivity contribution in [3.8, 4) is 0 Å². The molecule has 0 spiro atoms. The van der Waals surface area contributed by atoms with E-state index >= 15 is 0 Å². The molecule has 0 aliphatic carbocycles. The first-order valence-electron chi connectivity index (χ1n) is 3.40. The van der Waals surface area contributed by atoms with Crippen LogP contribution in [0.3, 0.4) is 0 Å². The summed E-state index contributed by atoms with van der Waals surface area (Å²) in [7, 11) is -3.78. The Balaban J connectivity index is 3.08. The second-order valence-corrected chi connectivity index (χ2v) is 4.69. The van der Waals surface area contributed by atoms with Gasteiger partial charge in [-0.2, -0.15) is 0 Å². The average Bonchev–Trinajstić information content (AvgIpc) is 2.01. The van der Waals surface area contributed by atoms with Crippen molar-refractivity contribution in [1.29, 1.82) is 0 Å². The molecule has 0 heterocycles. The van der Waals surface area contributed by atoms with Crippen LogP contribution in [0.4, 0.5) is 5.69 Å². The van der Waals surface area contributed by atoms with Crippen LogP contribution in [0.25, 0.3) is 0 Å². The molecule has 0 saturated heterocycles. The van der Waals surface area contributed by atoms with E-state index in [1.54, 1.807) is 0 Å². The molecule has 0 bridgehead atoms. The van der Waals surface area contributed by atoms with E-state index in [-0.39, 0.29) is 10.6 Å². The number of sulfonamides is 1. The summed E-state index contributed by atoms with van der Waals surface area (Å²) in [5.41, 5.74) is 0.206. The number of hydrogen-bond donors (Lipinski definition) is 3. The zero-order chi connectivity index (χ0) is 10.8. The first-order valence-corrected chi connectivity index (χ1v) is 6.05. The molecular weight excluding hydrogens is 228 g/mol. The van der Waals surface area contributed by atoms with E-state index in [0.29, 0.717) is 0 Å². The van der Waals surface area contributed by atoms with Crippen LogP contribution in [0.5, 0.6) is 0 Å². The Bertz CT molecular complexity index is 457. The lowest BCUT2D eigenvalue weighted by Crippen LogP contribution is -2.12. The molecular formula is C6H8N2O4S2. The van der Waals surface area contributed by atoms with Gasteiger partial charge in [0.15, 0.2) is 0 Å². The Labute approximate surface area is 83.6 Å². The van der Waals surface area contributed by atoms with Gasteiger partial charge in [0.1, 0.15) is 0 Å². The molecule has 1 unspecified atom stereocenters. The third-order valence-electron chi connectivity index (χ3n) is 1.37. The zero-order valence-corrected chi connectivity index (χ0v) is 8.51. The minimum Gasteiger partial charge on any atom is -0.289 e. The second kappa shape index (κ2) is 4.05. The fourth-order valence-corrected chi connectivity index (χ4v) is 1.73. The van der Waals surface area contributed by atoms with Crippen LogP contribution >= 0.6 is 0 Å². The molecule has 1 atom stereocenters. The van der Waals surface area contributed by atoms with Gasteiger partial charge in [-0.1, -0.05) is 6.07 Å². The summed E-state index contributed by atoms with van der Waals surface area (Å²) in [4.78, 5) is -0.118. The highest BCUT2D eigenvalue weighted by Crippen LogP contribution is 2.13. The Morgan fingerprint density at radius 2 is 2.07 bits per heavy atom. The number of primary sulfonamides is 1. The Hall–Kier alpha value is -0.960. The maximum atomic E-state index is 10.9. The first kappa shape index (κ1) is 11.1.